The summed E-state index contributed by atoms with van der Waals surface area (Å²) in [6.45, 7) is 12.9. The molecular weight excluding hydrogens is 204 g/mol. The van der Waals surface area contributed by atoms with Crippen LogP contribution in [-0.2, 0) is 0 Å². The summed E-state index contributed by atoms with van der Waals surface area (Å²) in [6.07, 6.45) is 6.58. The van der Waals surface area contributed by atoms with Crippen LogP contribution >= 0.6 is 0 Å². The zero-order valence-electron chi connectivity index (χ0n) is 9.54. The monoisotopic (exact) mass is 256 g/mol. The third-order valence-electron chi connectivity index (χ3n) is 0.707. The van der Waals surface area contributed by atoms with Gasteiger partial charge in [-0.1, -0.05) is 118 Å². The Balaban J connectivity index is -0.00000000707. The van der Waals surface area contributed by atoms with E-state index in [0.717, 1.165) is 0 Å². The molecule has 0 aliphatic rings. The second-order valence-corrected chi connectivity index (χ2v) is 2.77. The van der Waals surface area contributed by atoms with Crippen molar-refractivity contribution < 1.29 is 0 Å². The van der Waals surface area contributed by atoms with Crippen LogP contribution in [0.2, 0.25) is 0 Å². The molecule has 0 radical (unpaired) electrons. The highest BCUT2D eigenvalue weighted by atomic mass is 13.7. The van der Waals surface area contributed by atoms with Gasteiger partial charge in [-0.3, -0.25) is 0 Å². The zero-order valence-corrected chi connectivity index (χ0v) is 9.54. The van der Waals surface area contributed by atoms with Gasteiger partial charge in [0.05, 0.1) is 0 Å². The summed E-state index contributed by atoms with van der Waals surface area (Å²) in [7, 11) is 0. The fourth-order valence-electron chi connectivity index (χ4n) is 0.354. The first-order valence-corrected chi connectivity index (χ1v) is 5.24. The molecule has 0 fully saturated rings. The molecule has 0 saturated carbocycles. The van der Waals surface area contributed by atoms with E-state index in [2.05, 4.69) is 41.5 Å². The maximum absolute atomic E-state index is 2.21. The highest BCUT2D eigenvalue weighted by Crippen LogP contribution is 1.88. The van der Waals surface area contributed by atoms with Crippen molar-refractivity contribution in [2.24, 2.45) is 0 Å². The minimum absolute atomic E-state index is 0. The van der Waals surface area contributed by atoms with Crippen LogP contribution in [0.15, 0.2) is 0 Å². The van der Waals surface area contributed by atoms with E-state index in [1.54, 1.807) is 0 Å². The fourth-order valence-corrected chi connectivity index (χ4v) is 0.354. The van der Waals surface area contributed by atoms with Crippen molar-refractivity contribution in [1.82, 2.24) is 0 Å². The Morgan fingerprint density at radius 1 is 0.412 bits per heavy atom. The summed E-state index contributed by atoms with van der Waals surface area (Å²) in [5, 5.41) is 0. The van der Waals surface area contributed by atoms with E-state index in [1.807, 2.05) is 0 Å². The van der Waals surface area contributed by atoms with Crippen LogP contribution in [0.4, 0.5) is 0 Å². The van der Waals surface area contributed by atoms with E-state index < -0.39 is 0 Å². The van der Waals surface area contributed by atoms with Crippen molar-refractivity contribution in [3.05, 3.63) is 0 Å². The normalized spacial score (nSPS) is 4.59. The molecule has 0 amide bonds. The Morgan fingerprint density at radius 2 is 0.529 bits per heavy atom. The lowest BCUT2D eigenvalue weighted by Gasteiger charge is -1.79. The molecule has 0 atom stereocenters. The van der Waals surface area contributed by atoms with Crippen LogP contribution in [0, 0.1) is 0 Å². The molecule has 0 bridgehead atoms. The Kier molecular flexibility index (Phi) is 576. The molecule has 0 spiro atoms. The van der Waals surface area contributed by atoms with Gasteiger partial charge in [0.15, 0.2) is 0 Å². The molecule has 0 aliphatic carbocycles. The van der Waals surface area contributed by atoms with Gasteiger partial charge in [-0.2, -0.15) is 0 Å². The number of hydrogen-bond donors (Lipinski definition) is 0. The molecule has 0 aromatic heterocycles. The van der Waals surface area contributed by atoms with Crippen LogP contribution in [-0.4, -0.2) is 0 Å². The molecule has 0 N–H and O–H groups in total. The average Bonchev–Trinajstić information content (AvgIpc) is 1.92. The number of hydrogen-bond acceptors (Lipinski definition) is 0. The highest BCUT2D eigenvalue weighted by Gasteiger charge is 1.68. The molecule has 0 heteroatoms. The minimum atomic E-state index is 0. The zero-order chi connectivity index (χ0) is 9.54. The van der Waals surface area contributed by atoms with Crippen molar-refractivity contribution in [3.8, 4) is 0 Å². The van der Waals surface area contributed by atoms with Gasteiger partial charge in [-0.05, 0) is 0 Å². The van der Waals surface area contributed by atoms with E-state index >= 15 is 0 Å². The lowest BCUT2D eigenvalue weighted by Crippen LogP contribution is -1.59. The van der Waals surface area contributed by atoms with Crippen LogP contribution < -0.4 is 0 Å². The summed E-state index contributed by atoms with van der Waals surface area (Å²) >= 11 is 0. The molecule has 0 saturated heterocycles. The number of unbranched alkanes of at least 4 members (excludes halogenated alkanes) is 2. The van der Waals surface area contributed by atoms with Gasteiger partial charge >= 0.3 is 0 Å². The van der Waals surface area contributed by atoms with Crippen molar-refractivity contribution in [1.29, 1.82) is 0 Å². The largest absolute Gasteiger partial charge is 0.0776 e. The first-order valence-electron chi connectivity index (χ1n) is 5.24. The molecule has 17 heavy (non-hydrogen) atoms. The Bertz CT molecular complexity index is 19.2. The van der Waals surface area contributed by atoms with Crippen LogP contribution in [0.25, 0.3) is 0 Å². The molecule has 0 nitrogen and oxygen atoms in total. The molecule has 0 aromatic carbocycles. The predicted molar refractivity (Wildman–Crippen MR) is 97.5 cm³/mol. The summed E-state index contributed by atoms with van der Waals surface area (Å²) in [5.74, 6) is 0. The molecule has 120 valence electrons. The smallest absolute Gasteiger partial charge is 0.0538 e. The van der Waals surface area contributed by atoms with Crippen molar-refractivity contribution in [2.75, 3.05) is 0 Å². The van der Waals surface area contributed by atoms with Gasteiger partial charge in [-0.15, -0.1) is 0 Å². The predicted octanol–water partition coefficient (Wildman–Crippen LogP) is 8.85. The SMILES string of the molecule is C.C.C.C.C.C.CCC.CCC.CCCCC. The van der Waals surface area contributed by atoms with Gasteiger partial charge in [0.25, 0.3) is 0 Å². The van der Waals surface area contributed by atoms with Gasteiger partial charge in [0, 0.05) is 0 Å². The van der Waals surface area contributed by atoms with E-state index in [0.29, 0.717) is 0 Å². The topological polar surface area (TPSA) is 0 Å². The molecule has 0 aliphatic heterocycles. The van der Waals surface area contributed by atoms with Crippen molar-refractivity contribution >= 4 is 0 Å². The van der Waals surface area contributed by atoms with Gasteiger partial charge in [0.1, 0.15) is 0 Å². The maximum Gasteiger partial charge on any atom is -0.0538 e. The summed E-state index contributed by atoms with van der Waals surface area (Å²) < 4.78 is 0. The first kappa shape index (κ1) is 68.0. The first-order chi connectivity index (χ1) is 5.24. The molecular formula is C17H52. The van der Waals surface area contributed by atoms with E-state index in [9.17, 15) is 0 Å². The lowest BCUT2D eigenvalue weighted by atomic mass is 10.3. The summed E-state index contributed by atoms with van der Waals surface area (Å²) in [4.78, 5) is 0. The third-order valence-corrected chi connectivity index (χ3v) is 0.707. The molecule has 0 unspecified atom stereocenters. The second-order valence-electron chi connectivity index (χ2n) is 2.77. The Morgan fingerprint density at radius 3 is 0.529 bits per heavy atom. The average molecular weight is 257 g/mol. The molecule has 0 heterocycles. The van der Waals surface area contributed by atoms with Gasteiger partial charge in [0.2, 0.25) is 0 Å². The molecule has 0 aromatic rings. The van der Waals surface area contributed by atoms with Crippen molar-refractivity contribution in [2.45, 2.75) is 118 Å². The summed E-state index contributed by atoms with van der Waals surface area (Å²) in [6, 6.07) is 0. The van der Waals surface area contributed by atoms with Crippen LogP contribution in [0.5, 0.6) is 0 Å². The van der Waals surface area contributed by atoms with Crippen molar-refractivity contribution in [3.63, 3.8) is 0 Å². The standard InChI is InChI=1S/C5H12.2C3H8.6CH4/c1-3-5-4-2;2*1-3-2;;;;;;/h3-5H2,1-2H3;2*3H2,1-2H3;6*1H4. The second kappa shape index (κ2) is 144. The Hall–Kier alpha value is 0. The Labute approximate surface area is 119 Å². The molecule has 0 rings (SSSR count). The maximum atomic E-state index is 2.21. The third kappa shape index (κ3) is 784. The highest BCUT2D eigenvalue weighted by molar-refractivity contribution is 4.24. The minimum Gasteiger partial charge on any atom is -0.0776 e. The quantitative estimate of drug-likeness (QED) is 0.463. The lowest BCUT2D eigenvalue weighted by molar-refractivity contribution is 0.772. The van der Waals surface area contributed by atoms with Gasteiger partial charge < -0.3 is 0 Å². The van der Waals surface area contributed by atoms with E-state index in [4.69, 9.17) is 0 Å². The van der Waals surface area contributed by atoms with Gasteiger partial charge in [-0.25, -0.2) is 0 Å². The number of rotatable bonds is 2. The summed E-state index contributed by atoms with van der Waals surface area (Å²) in [5.41, 5.74) is 0. The van der Waals surface area contributed by atoms with E-state index in [-0.39, 0.29) is 44.6 Å². The van der Waals surface area contributed by atoms with Crippen LogP contribution in [0.3, 0.4) is 0 Å². The van der Waals surface area contributed by atoms with Crippen LogP contribution in [0.1, 0.15) is 118 Å². The fraction of sp³-hybridized carbons (Fsp3) is 1.00. The van der Waals surface area contributed by atoms with E-state index in [1.165, 1.54) is 32.1 Å².